The van der Waals surface area contributed by atoms with Gasteiger partial charge in [0.25, 0.3) is 5.91 Å². The summed E-state index contributed by atoms with van der Waals surface area (Å²) in [7, 11) is 0. The van der Waals surface area contributed by atoms with E-state index in [0.717, 1.165) is 29.0 Å². The van der Waals surface area contributed by atoms with Crippen LogP contribution in [0.5, 0.6) is 17.2 Å². The molecule has 1 aliphatic heterocycles. The second-order valence-electron chi connectivity index (χ2n) is 7.05. The maximum atomic E-state index is 12.2. The number of carbonyl (C=O) groups is 2. The highest BCUT2D eigenvalue weighted by Crippen LogP contribution is 2.35. The van der Waals surface area contributed by atoms with Crippen molar-refractivity contribution >= 4 is 11.8 Å². The first-order valence-corrected chi connectivity index (χ1v) is 10.2. The average molecular weight is 412 g/mol. The molecular weight excluding hydrogens is 384 g/mol. The van der Waals surface area contributed by atoms with Crippen molar-refractivity contribution in [2.45, 2.75) is 39.8 Å². The molecule has 1 aliphatic rings. The van der Waals surface area contributed by atoms with E-state index in [-0.39, 0.29) is 31.0 Å². The first-order valence-electron chi connectivity index (χ1n) is 10.2. The van der Waals surface area contributed by atoms with E-state index >= 15 is 0 Å². The van der Waals surface area contributed by atoms with E-state index in [9.17, 15) is 9.59 Å². The third kappa shape index (κ3) is 5.43. The molecule has 2 N–H and O–H groups in total. The molecule has 0 saturated carbocycles. The summed E-state index contributed by atoms with van der Waals surface area (Å²) in [6.45, 7) is 7.11. The van der Waals surface area contributed by atoms with Gasteiger partial charge in [0.05, 0.1) is 19.8 Å². The molecule has 2 amide bonds. The van der Waals surface area contributed by atoms with Crippen LogP contribution in [0.15, 0.2) is 36.4 Å². The monoisotopic (exact) mass is 412 g/mol. The first kappa shape index (κ1) is 21.5. The molecule has 0 aliphatic carbocycles. The van der Waals surface area contributed by atoms with Gasteiger partial charge in [-0.2, -0.15) is 0 Å². The largest absolute Gasteiger partial charge is 0.494 e. The highest BCUT2D eigenvalue weighted by atomic mass is 16.5. The summed E-state index contributed by atoms with van der Waals surface area (Å²) in [6.07, 6.45) is 0.983. The lowest BCUT2D eigenvalue weighted by Gasteiger charge is -2.13. The standard InChI is InChI=1S/C23H28N2O5/c1-4-28-19-8-6-16(7-9-19)23(27)25-14-22(26)24-13-18-12-21-17(10-15(3)30-21)11-20(18)29-5-2/h6-9,11-12,15H,4-5,10,13-14H2,1-3H3,(H,24,26)(H,25,27)/t15-/m0/s1. The van der Waals surface area contributed by atoms with Gasteiger partial charge in [-0.05, 0) is 57.2 Å². The fourth-order valence-corrected chi connectivity index (χ4v) is 3.30. The Labute approximate surface area is 176 Å². The summed E-state index contributed by atoms with van der Waals surface area (Å²) in [4.78, 5) is 24.5. The van der Waals surface area contributed by atoms with Gasteiger partial charge in [0, 0.05) is 29.7 Å². The normalized spacial score (nSPS) is 14.4. The van der Waals surface area contributed by atoms with Crippen molar-refractivity contribution in [1.29, 1.82) is 0 Å². The van der Waals surface area contributed by atoms with Gasteiger partial charge in [-0.25, -0.2) is 0 Å². The molecule has 0 unspecified atom stereocenters. The maximum absolute atomic E-state index is 12.2. The average Bonchev–Trinajstić information content (AvgIpc) is 3.10. The summed E-state index contributed by atoms with van der Waals surface area (Å²) in [5, 5.41) is 5.45. The van der Waals surface area contributed by atoms with Crippen molar-refractivity contribution < 1.29 is 23.8 Å². The number of nitrogens with one attached hydrogen (secondary N) is 2. The van der Waals surface area contributed by atoms with E-state index in [1.54, 1.807) is 24.3 Å². The second-order valence-corrected chi connectivity index (χ2v) is 7.05. The van der Waals surface area contributed by atoms with Crippen molar-refractivity contribution in [1.82, 2.24) is 10.6 Å². The Morgan fingerprint density at radius 2 is 1.80 bits per heavy atom. The predicted octanol–water partition coefficient (Wildman–Crippen LogP) is 2.85. The maximum Gasteiger partial charge on any atom is 0.251 e. The molecule has 0 bridgehead atoms. The van der Waals surface area contributed by atoms with Crippen LogP contribution in [0.2, 0.25) is 0 Å². The summed E-state index contributed by atoms with van der Waals surface area (Å²) < 4.78 is 16.9. The van der Waals surface area contributed by atoms with Crippen molar-refractivity contribution in [2.75, 3.05) is 19.8 Å². The zero-order valence-corrected chi connectivity index (χ0v) is 17.6. The number of rotatable bonds is 9. The molecule has 2 aromatic rings. The van der Waals surface area contributed by atoms with Crippen molar-refractivity contribution in [3.05, 3.63) is 53.1 Å². The molecule has 30 heavy (non-hydrogen) atoms. The van der Waals surface area contributed by atoms with Crippen molar-refractivity contribution in [3.63, 3.8) is 0 Å². The molecule has 0 aromatic heterocycles. The SMILES string of the molecule is CCOc1ccc(C(=O)NCC(=O)NCc2cc3c(cc2OCC)C[C@H](C)O3)cc1. The summed E-state index contributed by atoms with van der Waals surface area (Å²) in [6, 6.07) is 10.7. The van der Waals surface area contributed by atoms with Gasteiger partial charge in [0.1, 0.15) is 23.4 Å². The molecule has 7 nitrogen and oxygen atoms in total. The number of fused-ring (bicyclic) bond motifs is 1. The zero-order chi connectivity index (χ0) is 21.5. The molecule has 160 valence electrons. The molecule has 0 spiro atoms. The van der Waals surface area contributed by atoms with Crippen LogP contribution in [-0.2, 0) is 17.8 Å². The molecule has 3 rings (SSSR count). The lowest BCUT2D eigenvalue weighted by Crippen LogP contribution is -2.36. The summed E-state index contributed by atoms with van der Waals surface area (Å²) in [5.74, 6) is 1.67. The number of amides is 2. The molecule has 0 radical (unpaired) electrons. The van der Waals surface area contributed by atoms with E-state index in [2.05, 4.69) is 10.6 Å². The Bertz CT molecular complexity index is 895. The predicted molar refractivity (Wildman–Crippen MR) is 113 cm³/mol. The minimum atomic E-state index is -0.317. The smallest absolute Gasteiger partial charge is 0.251 e. The van der Waals surface area contributed by atoms with E-state index in [1.807, 2.05) is 32.9 Å². The van der Waals surface area contributed by atoms with Gasteiger partial charge >= 0.3 is 0 Å². The van der Waals surface area contributed by atoms with Gasteiger partial charge in [-0.1, -0.05) is 0 Å². The van der Waals surface area contributed by atoms with Crippen LogP contribution in [0.3, 0.4) is 0 Å². The number of benzene rings is 2. The van der Waals surface area contributed by atoms with Gasteiger partial charge in [-0.3, -0.25) is 9.59 Å². The quantitative estimate of drug-likeness (QED) is 0.662. The third-order valence-corrected chi connectivity index (χ3v) is 4.69. The lowest BCUT2D eigenvalue weighted by atomic mass is 10.1. The van der Waals surface area contributed by atoms with Crippen molar-refractivity contribution in [3.8, 4) is 17.2 Å². The highest BCUT2D eigenvalue weighted by molar-refractivity contribution is 5.96. The van der Waals surface area contributed by atoms with E-state index < -0.39 is 0 Å². The molecule has 0 saturated heterocycles. The Morgan fingerprint density at radius 3 is 2.50 bits per heavy atom. The Morgan fingerprint density at radius 1 is 1.07 bits per heavy atom. The topological polar surface area (TPSA) is 85.9 Å². The van der Waals surface area contributed by atoms with Gasteiger partial charge in [-0.15, -0.1) is 0 Å². The summed E-state index contributed by atoms with van der Waals surface area (Å²) in [5.41, 5.74) is 2.43. The fraction of sp³-hybridized carbons (Fsp3) is 0.391. The number of carbonyl (C=O) groups excluding carboxylic acids is 2. The Hall–Kier alpha value is -3.22. The van der Waals surface area contributed by atoms with Crippen LogP contribution in [0.25, 0.3) is 0 Å². The molecular formula is C23H28N2O5. The molecule has 1 heterocycles. The molecule has 0 fully saturated rings. The Kier molecular flexibility index (Phi) is 7.17. The van der Waals surface area contributed by atoms with Crippen LogP contribution in [0, 0.1) is 0 Å². The Balaban J connectivity index is 1.53. The minimum Gasteiger partial charge on any atom is -0.494 e. The second kappa shape index (κ2) is 10.0. The van der Waals surface area contributed by atoms with Crippen LogP contribution >= 0.6 is 0 Å². The zero-order valence-electron chi connectivity index (χ0n) is 17.6. The van der Waals surface area contributed by atoms with Crippen molar-refractivity contribution in [2.24, 2.45) is 0 Å². The third-order valence-electron chi connectivity index (χ3n) is 4.69. The van der Waals surface area contributed by atoms with Crippen LogP contribution < -0.4 is 24.8 Å². The summed E-state index contributed by atoms with van der Waals surface area (Å²) >= 11 is 0. The fourth-order valence-electron chi connectivity index (χ4n) is 3.30. The van der Waals surface area contributed by atoms with Gasteiger partial charge < -0.3 is 24.8 Å². The van der Waals surface area contributed by atoms with E-state index in [4.69, 9.17) is 14.2 Å². The molecule has 1 atom stereocenters. The number of hydrogen-bond donors (Lipinski definition) is 2. The number of ether oxygens (including phenoxy) is 3. The van der Waals surface area contributed by atoms with Crippen LogP contribution in [-0.4, -0.2) is 37.7 Å². The molecule has 2 aromatic carbocycles. The first-order chi connectivity index (χ1) is 14.5. The highest BCUT2D eigenvalue weighted by Gasteiger charge is 2.22. The van der Waals surface area contributed by atoms with Gasteiger partial charge in [0.15, 0.2) is 0 Å². The van der Waals surface area contributed by atoms with Gasteiger partial charge in [0.2, 0.25) is 5.91 Å². The van der Waals surface area contributed by atoms with E-state index in [0.29, 0.717) is 24.5 Å². The molecule has 7 heteroatoms. The van der Waals surface area contributed by atoms with Crippen LogP contribution in [0.4, 0.5) is 0 Å². The van der Waals surface area contributed by atoms with Crippen LogP contribution in [0.1, 0.15) is 42.3 Å². The lowest BCUT2D eigenvalue weighted by molar-refractivity contribution is -0.120. The van der Waals surface area contributed by atoms with E-state index in [1.165, 1.54) is 0 Å². The number of hydrogen-bond acceptors (Lipinski definition) is 5. The minimum absolute atomic E-state index is 0.117.